The summed E-state index contributed by atoms with van der Waals surface area (Å²) in [7, 11) is 0. The summed E-state index contributed by atoms with van der Waals surface area (Å²) < 4.78 is 28.5. The third kappa shape index (κ3) is 4.29. The molecule has 0 bridgehead atoms. The first-order valence-electron chi connectivity index (χ1n) is 12.3. The van der Waals surface area contributed by atoms with Crippen LogP contribution >= 0.6 is 0 Å². The first kappa shape index (κ1) is 19.1. The summed E-state index contributed by atoms with van der Waals surface area (Å²) in [6.45, 7) is 3.75. The Labute approximate surface area is 197 Å². The minimum absolute atomic E-state index is 0.0297. The number of hydrogen-bond donors (Lipinski definition) is 2. The predicted octanol–water partition coefficient (Wildman–Crippen LogP) is 5.64. The van der Waals surface area contributed by atoms with Crippen molar-refractivity contribution in [3.8, 4) is 23.0 Å². The summed E-state index contributed by atoms with van der Waals surface area (Å²) in [5.41, 5.74) is 4.84. The van der Waals surface area contributed by atoms with E-state index >= 15 is 0 Å². The maximum atomic E-state index is 10.0. The summed E-state index contributed by atoms with van der Waals surface area (Å²) in [6, 6.07) is 20.0. The van der Waals surface area contributed by atoms with Crippen molar-refractivity contribution in [2.45, 2.75) is 32.5 Å². The highest BCUT2D eigenvalue weighted by molar-refractivity contribution is 5.95. The second kappa shape index (κ2) is 8.83. The topological polar surface area (TPSA) is 62.2 Å². The van der Waals surface area contributed by atoms with Gasteiger partial charge in [0.1, 0.15) is 35.2 Å². The summed E-state index contributed by atoms with van der Waals surface area (Å²) in [4.78, 5) is 1.80. The first-order chi connectivity index (χ1) is 16.7. The van der Waals surface area contributed by atoms with E-state index in [1.54, 1.807) is 29.2 Å². The molecule has 0 aromatic heterocycles. The molecular weight excluding hydrogens is 414 g/mol. The molecule has 0 radical (unpaired) electrons. The maximum absolute atomic E-state index is 10.0. The highest BCUT2D eigenvalue weighted by Crippen LogP contribution is 2.47. The number of likely N-dealkylation sites (tertiary alicyclic amines) is 1. The molecule has 1 atom stereocenters. The van der Waals surface area contributed by atoms with Crippen molar-refractivity contribution in [3.05, 3.63) is 83.4 Å². The Hall–Kier alpha value is -3.44. The normalized spacial score (nSPS) is 19.8. The number of fused-ring (bicyclic) bond motifs is 1. The summed E-state index contributed by atoms with van der Waals surface area (Å²) in [6.07, 6.45) is 0.0179. The van der Waals surface area contributed by atoms with E-state index in [-0.39, 0.29) is 17.6 Å². The molecule has 170 valence electrons. The quantitative estimate of drug-likeness (QED) is 0.515. The molecular formula is C28H29NO4. The average Bonchev–Trinajstić information content (AvgIpc) is 2.82. The Morgan fingerprint density at radius 2 is 1.70 bits per heavy atom. The zero-order valence-electron chi connectivity index (χ0n) is 20.8. The molecule has 3 aromatic rings. The Morgan fingerprint density at radius 1 is 1.00 bits per heavy atom. The van der Waals surface area contributed by atoms with Gasteiger partial charge in [-0.05, 0) is 72.9 Å². The van der Waals surface area contributed by atoms with E-state index in [1.807, 2.05) is 56.3 Å². The van der Waals surface area contributed by atoms with Crippen LogP contribution in [0.15, 0.2) is 66.7 Å². The zero-order chi connectivity index (χ0) is 24.7. The SMILES string of the molecule is [2H]C([2H])(CC)N1CC(Oc2ccc(C3Oc4cc(O)ccc4C(C)=C3c3ccc(O)cc3)cc2)C1. The van der Waals surface area contributed by atoms with Crippen molar-refractivity contribution >= 4 is 11.1 Å². The minimum Gasteiger partial charge on any atom is -0.508 e. The maximum Gasteiger partial charge on any atom is 0.150 e. The van der Waals surface area contributed by atoms with Gasteiger partial charge in [-0.15, -0.1) is 0 Å². The molecule has 3 aromatic carbocycles. The van der Waals surface area contributed by atoms with Crippen LogP contribution in [0.1, 0.15) is 45.8 Å². The van der Waals surface area contributed by atoms with Crippen LogP contribution in [0.5, 0.6) is 23.0 Å². The molecule has 5 heteroatoms. The van der Waals surface area contributed by atoms with Crippen molar-refractivity contribution in [2.75, 3.05) is 19.6 Å². The van der Waals surface area contributed by atoms with Crippen LogP contribution < -0.4 is 9.47 Å². The highest BCUT2D eigenvalue weighted by atomic mass is 16.5. The van der Waals surface area contributed by atoms with Crippen LogP contribution in [0.2, 0.25) is 0 Å². The minimum atomic E-state index is -1.29. The third-order valence-corrected chi connectivity index (χ3v) is 6.17. The van der Waals surface area contributed by atoms with Crippen LogP contribution in [-0.4, -0.2) is 40.8 Å². The molecule has 0 spiro atoms. The average molecular weight is 446 g/mol. The fourth-order valence-corrected chi connectivity index (χ4v) is 4.47. The highest BCUT2D eigenvalue weighted by Gasteiger charge is 2.30. The van der Waals surface area contributed by atoms with E-state index in [4.69, 9.17) is 12.2 Å². The van der Waals surface area contributed by atoms with Gasteiger partial charge in [-0.1, -0.05) is 31.2 Å². The van der Waals surface area contributed by atoms with Crippen LogP contribution in [-0.2, 0) is 0 Å². The van der Waals surface area contributed by atoms with Crippen LogP contribution in [0.3, 0.4) is 0 Å². The Morgan fingerprint density at radius 3 is 2.39 bits per heavy atom. The third-order valence-electron chi connectivity index (χ3n) is 6.17. The van der Waals surface area contributed by atoms with Crippen molar-refractivity contribution in [1.29, 1.82) is 0 Å². The van der Waals surface area contributed by atoms with Crippen molar-refractivity contribution in [3.63, 3.8) is 0 Å². The lowest BCUT2D eigenvalue weighted by molar-refractivity contribution is 0.0202. The van der Waals surface area contributed by atoms with Gasteiger partial charge in [0, 0.05) is 33.0 Å². The Balaban J connectivity index is 1.41. The van der Waals surface area contributed by atoms with E-state index < -0.39 is 12.6 Å². The van der Waals surface area contributed by atoms with E-state index in [2.05, 4.69) is 0 Å². The van der Waals surface area contributed by atoms with Gasteiger partial charge in [0.2, 0.25) is 0 Å². The number of phenolic OH excluding ortho intramolecular Hbond substituents is 2. The van der Waals surface area contributed by atoms with Crippen LogP contribution in [0.4, 0.5) is 0 Å². The second-order valence-corrected chi connectivity index (χ2v) is 8.49. The Kier molecular flexibility index (Phi) is 5.10. The number of phenols is 2. The lowest BCUT2D eigenvalue weighted by Crippen LogP contribution is -2.53. The van der Waals surface area contributed by atoms with Crippen LogP contribution in [0, 0.1) is 0 Å². The standard InChI is InChI=1S/C28H29NO4/c1-3-14-29-16-24(17-29)32-23-11-6-20(7-12-23)28-27(19-4-8-21(30)9-5-19)18(2)25-13-10-22(31)15-26(25)33-28/h4-13,15,24,28,30-31H,3,14,16-17H2,1-2H3/i14D2. The molecule has 2 N–H and O–H groups in total. The molecule has 0 saturated carbocycles. The zero-order valence-corrected chi connectivity index (χ0v) is 18.8. The van der Waals surface area contributed by atoms with Crippen LogP contribution in [0.25, 0.3) is 11.1 Å². The number of nitrogens with zero attached hydrogens (tertiary/aromatic N) is 1. The van der Waals surface area contributed by atoms with E-state index in [0.717, 1.165) is 33.6 Å². The van der Waals surface area contributed by atoms with Gasteiger partial charge in [0.05, 0.1) is 0 Å². The number of rotatable bonds is 6. The molecule has 1 unspecified atom stereocenters. The Bertz CT molecular complexity index is 1250. The van der Waals surface area contributed by atoms with Crippen molar-refractivity contribution < 1.29 is 22.4 Å². The largest absolute Gasteiger partial charge is 0.508 e. The summed E-state index contributed by atoms with van der Waals surface area (Å²) in [5.74, 6) is 1.70. The lowest BCUT2D eigenvalue weighted by Gasteiger charge is -2.38. The van der Waals surface area contributed by atoms with Gasteiger partial charge in [-0.3, -0.25) is 4.90 Å². The molecule has 0 amide bonds. The van der Waals surface area contributed by atoms with Gasteiger partial charge < -0.3 is 19.7 Å². The smallest absolute Gasteiger partial charge is 0.150 e. The fourth-order valence-electron chi connectivity index (χ4n) is 4.47. The number of aromatic hydroxyl groups is 2. The number of allylic oxidation sites excluding steroid dienone is 1. The molecule has 1 saturated heterocycles. The number of hydrogen-bond acceptors (Lipinski definition) is 5. The predicted molar refractivity (Wildman–Crippen MR) is 130 cm³/mol. The van der Waals surface area contributed by atoms with Crippen molar-refractivity contribution in [2.24, 2.45) is 0 Å². The molecule has 2 aliphatic heterocycles. The van der Waals surface area contributed by atoms with E-state index in [1.165, 1.54) is 0 Å². The molecule has 0 aliphatic carbocycles. The summed E-state index contributed by atoms with van der Waals surface area (Å²) >= 11 is 0. The molecule has 5 rings (SSSR count). The van der Waals surface area contributed by atoms with E-state index in [0.29, 0.717) is 25.3 Å². The van der Waals surface area contributed by atoms with E-state index in [9.17, 15) is 10.2 Å². The van der Waals surface area contributed by atoms with Gasteiger partial charge >= 0.3 is 0 Å². The van der Waals surface area contributed by atoms with Crippen molar-refractivity contribution in [1.82, 2.24) is 4.90 Å². The molecule has 5 nitrogen and oxygen atoms in total. The molecule has 33 heavy (non-hydrogen) atoms. The molecule has 1 fully saturated rings. The van der Waals surface area contributed by atoms with Gasteiger partial charge in [-0.2, -0.15) is 0 Å². The van der Waals surface area contributed by atoms with Gasteiger partial charge in [-0.25, -0.2) is 0 Å². The van der Waals surface area contributed by atoms with Gasteiger partial charge in [0.15, 0.2) is 0 Å². The summed E-state index contributed by atoms with van der Waals surface area (Å²) in [5, 5.41) is 19.8. The number of benzene rings is 3. The lowest BCUT2D eigenvalue weighted by atomic mass is 9.86. The fraction of sp³-hybridized carbons (Fsp3) is 0.286. The first-order valence-corrected chi connectivity index (χ1v) is 11.3. The second-order valence-electron chi connectivity index (χ2n) is 8.49. The van der Waals surface area contributed by atoms with Gasteiger partial charge in [0.25, 0.3) is 0 Å². The molecule has 2 aliphatic rings. The molecule has 2 heterocycles. The number of ether oxygens (including phenoxy) is 2. The monoisotopic (exact) mass is 445 g/mol.